The van der Waals surface area contributed by atoms with Crippen molar-refractivity contribution in [3.63, 3.8) is 0 Å². The van der Waals surface area contributed by atoms with Gasteiger partial charge in [0.15, 0.2) is 0 Å². The van der Waals surface area contributed by atoms with Crippen molar-refractivity contribution in [2.24, 2.45) is 0 Å². The van der Waals surface area contributed by atoms with Crippen LogP contribution in [0.2, 0.25) is 0 Å². The second-order valence-electron chi connectivity index (χ2n) is 6.18. The van der Waals surface area contributed by atoms with Gasteiger partial charge in [0.1, 0.15) is 0 Å². The van der Waals surface area contributed by atoms with E-state index in [0.717, 1.165) is 6.04 Å². The van der Waals surface area contributed by atoms with E-state index in [4.69, 9.17) is 0 Å². The van der Waals surface area contributed by atoms with Gasteiger partial charge in [0.25, 0.3) is 0 Å². The summed E-state index contributed by atoms with van der Waals surface area (Å²) in [6, 6.07) is 0.928. The van der Waals surface area contributed by atoms with Gasteiger partial charge in [0, 0.05) is 18.1 Å². The number of nitrogens with zero attached hydrogens (tertiary/aromatic N) is 1. The summed E-state index contributed by atoms with van der Waals surface area (Å²) in [4.78, 5) is 2.83. The Balaban J connectivity index is 1.68. The molecule has 3 rings (SSSR count). The Bertz CT molecular complexity index is 227. The third-order valence-corrected chi connectivity index (χ3v) is 5.03. The molecule has 2 aliphatic carbocycles. The minimum absolute atomic E-state index is 0.513. The molecular weight excluding hydrogens is 196 g/mol. The molecule has 3 fully saturated rings. The third-order valence-electron chi connectivity index (χ3n) is 5.03. The average Bonchev–Trinajstić information content (AvgIpc) is 2.89. The largest absolute Gasteiger partial charge is 0.310 e. The summed E-state index contributed by atoms with van der Waals surface area (Å²) in [5, 5.41) is 3.87. The highest BCUT2D eigenvalue weighted by Crippen LogP contribution is 2.34. The van der Waals surface area contributed by atoms with Gasteiger partial charge in [0.2, 0.25) is 0 Å². The van der Waals surface area contributed by atoms with Crippen molar-refractivity contribution in [1.82, 2.24) is 10.2 Å². The molecule has 1 heterocycles. The van der Waals surface area contributed by atoms with E-state index in [1.165, 1.54) is 77.4 Å². The lowest BCUT2D eigenvalue weighted by Crippen LogP contribution is -2.51. The molecule has 0 unspecified atom stereocenters. The van der Waals surface area contributed by atoms with Crippen LogP contribution >= 0.6 is 0 Å². The highest BCUT2D eigenvalue weighted by atomic mass is 15.2. The van der Waals surface area contributed by atoms with Crippen LogP contribution in [0.25, 0.3) is 0 Å². The van der Waals surface area contributed by atoms with Crippen molar-refractivity contribution in [3.8, 4) is 0 Å². The molecule has 0 aromatic heterocycles. The summed E-state index contributed by atoms with van der Waals surface area (Å²) >= 11 is 0. The quantitative estimate of drug-likeness (QED) is 0.733. The Morgan fingerprint density at radius 3 is 2.44 bits per heavy atom. The van der Waals surface area contributed by atoms with Gasteiger partial charge in [-0.1, -0.05) is 25.7 Å². The zero-order valence-corrected chi connectivity index (χ0v) is 10.5. The fraction of sp³-hybridized carbons (Fsp3) is 1.00. The molecule has 0 radical (unpaired) electrons. The summed E-state index contributed by atoms with van der Waals surface area (Å²) < 4.78 is 0. The standard InChI is InChI=1S/C14H26N2/c1-2-7-13(6-1)16-11-5-10-15-14(12-16)8-3-4-9-14/h13,15H,1-12H2. The van der Waals surface area contributed by atoms with Crippen LogP contribution in [0.5, 0.6) is 0 Å². The van der Waals surface area contributed by atoms with E-state index in [9.17, 15) is 0 Å². The first kappa shape index (κ1) is 11.0. The van der Waals surface area contributed by atoms with Crippen LogP contribution in [0.15, 0.2) is 0 Å². The van der Waals surface area contributed by atoms with E-state index in [1.54, 1.807) is 0 Å². The molecule has 2 saturated carbocycles. The maximum atomic E-state index is 3.87. The normalized spacial score (nSPS) is 32.2. The van der Waals surface area contributed by atoms with Gasteiger partial charge in [-0.3, -0.25) is 4.90 Å². The van der Waals surface area contributed by atoms with E-state index in [0.29, 0.717) is 5.54 Å². The monoisotopic (exact) mass is 222 g/mol. The van der Waals surface area contributed by atoms with E-state index >= 15 is 0 Å². The molecule has 2 heteroatoms. The smallest absolute Gasteiger partial charge is 0.0308 e. The van der Waals surface area contributed by atoms with Crippen molar-refractivity contribution in [1.29, 1.82) is 0 Å². The Labute approximate surface area is 99.8 Å². The molecule has 1 N–H and O–H groups in total. The molecule has 3 aliphatic rings. The van der Waals surface area contributed by atoms with Crippen molar-refractivity contribution >= 4 is 0 Å². The van der Waals surface area contributed by atoms with E-state index in [2.05, 4.69) is 10.2 Å². The van der Waals surface area contributed by atoms with Crippen molar-refractivity contribution in [2.75, 3.05) is 19.6 Å². The van der Waals surface area contributed by atoms with E-state index in [-0.39, 0.29) is 0 Å². The van der Waals surface area contributed by atoms with Gasteiger partial charge in [-0.25, -0.2) is 0 Å². The molecule has 0 amide bonds. The van der Waals surface area contributed by atoms with Crippen molar-refractivity contribution in [3.05, 3.63) is 0 Å². The minimum atomic E-state index is 0.513. The Hall–Kier alpha value is -0.0800. The van der Waals surface area contributed by atoms with Crippen LogP contribution in [0.3, 0.4) is 0 Å². The van der Waals surface area contributed by atoms with Crippen LogP contribution in [0.4, 0.5) is 0 Å². The Morgan fingerprint density at radius 1 is 0.938 bits per heavy atom. The van der Waals surface area contributed by atoms with Crippen LogP contribution in [0.1, 0.15) is 57.8 Å². The molecule has 92 valence electrons. The molecule has 1 aliphatic heterocycles. The Morgan fingerprint density at radius 2 is 1.69 bits per heavy atom. The lowest BCUT2D eigenvalue weighted by molar-refractivity contribution is 0.158. The molecule has 0 aromatic rings. The van der Waals surface area contributed by atoms with Crippen LogP contribution in [0, 0.1) is 0 Å². The first-order chi connectivity index (χ1) is 7.88. The number of hydrogen-bond donors (Lipinski definition) is 1. The van der Waals surface area contributed by atoms with Crippen LogP contribution in [-0.4, -0.2) is 36.1 Å². The summed E-state index contributed by atoms with van der Waals surface area (Å²) in [7, 11) is 0. The van der Waals surface area contributed by atoms with Crippen LogP contribution in [-0.2, 0) is 0 Å². The predicted molar refractivity (Wildman–Crippen MR) is 67.6 cm³/mol. The maximum Gasteiger partial charge on any atom is 0.0308 e. The molecule has 2 nitrogen and oxygen atoms in total. The average molecular weight is 222 g/mol. The summed E-state index contributed by atoms with van der Waals surface area (Å²) in [6.45, 7) is 3.94. The first-order valence-corrected chi connectivity index (χ1v) is 7.37. The van der Waals surface area contributed by atoms with Crippen molar-refractivity contribution in [2.45, 2.75) is 69.4 Å². The fourth-order valence-corrected chi connectivity index (χ4v) is 4.13. The fourth-order valence-electron chi connectivity index (χ4n) is 4.13. The first-order valence-electron chi connectivity index (χ1n) is 7.37. The lowest BCUT2D eigenvalue weighted by atomic mass is 9.96. The van der Waals surface area contributed by atoms with Gasteiger partial charge < -0.3 is 5.32 Å². The van der Waals surface area contributed by atoms with Crippen LogP contribution < -0.4 is 5.32 Å². The highest BCUT2D eigenvalue weighted by molar-refractivity contribution is 4.98. The predicted octanol–water partition coefficient (Wildman–Crippen LogP) is 2.54. The minimum Gasteiger partial charge on any atom is -0.310 e. The summed E-state index contributed by atoms with van der Waals surface area (Å²) in [5.41, 5.74) is 0.513. The third kappa shape index (κ3) is 2.14. The Kier molecular flexibility index (Phi) is 3.21. The van der Waals surface area contributed by atoms with Gasteiger partial charge in [0.05, 0.1) is 0 Å². The highest BCUT2D eigenvalue weighted by Gasteiger charge is 2.38. The second kappa shape index (κ2) is 4.66. The van der Waals surface area contributed by atoms with E-state index < -0.39 is 0 Å². The van der Waals surface area contributed by atoms with Gasteiger partial charge in [-0.2, -0.15) is 0 Å². The zero-order valence-electron chi connectivity index (χ0n) is 10.5. The summed E-state index contributed by atoms with van der Waals surface area (Å²) in [6.07, 6.45) is 13.0. The number of nitrogens with one attached hydrogen (secondary N) is 1. The van der Waals surface area contributed by atoms with Gasteiger partial charge in [-0.05, 0) is 45.2 Å². The molecule has 0 atom stereocenters. The molecular formula is C14H26N2. The molecule has 1 saturated heterocycles. The van der Waals surface area contributed by atoms with Crippen molar-refractivity contribution < 1.29 is 0 Å². The summed E-state index contributed by atoms with van der Waals surface area (Å²) in [5.74, 6) is 0. The van der Waals surface area contributed by atoms with Gasteiger partial charge >= 0.3 is 0 Å². The maximum absolute atomic E-state index is 3.87. The number of rotatable bonds is 1. The topological polar surface area (TPSA) is 15.3 Å². The number of hydrogen-bond acceptors (Lipinski definition) is 2. The molecule has 0 aromatic carbocycles. The zero-order chi connectivity index (χ0) is 10.8. The SMILES string of the molecule is C1CCC(N2CCCNC3(CCCC3)C2)C1. The second-order valence-corrected chi connectivity index (χ2v) is 6.18. The van der Waals surface area contributed by atoms with E-state index in [1.807, 2.05) is 0 Å². The lowest BCUT2D eigenvalue weighted by Gasteiger charge is -2.36. The molecule has 0 bridgehead atoms. The molecule has 16 heavy (non-hydrogen) atoms. The van der Waals surface area contributed by atoms with Gasteiger partial charge in [-0.15, -0.1) is 0 Å². The molecule has 1 spiro atoms.